The third kappa shape index (κ3) is 3.79. The van der Waals surface area contributed by atoms with Crippen molar-refractivity contribution in [2.75, 3.05) is 40.8 Å². The first-order valence-electron chi connectivity index (χ1n) is 7.01. The fourth-order valence-electron chi connectivity index (χ4n) is 2.83. The van der Waals surface area contributed by atoms with E-state index in [0.717, 1.165) is 29.7 Å². The second-order valence-corrected chi connectivity index (χ2v) is 6.56. The lowest BCUT2D eigenvalue weighted by molar-refractivity contribution is 0.0895. The summed E-state index contributed by atoms with van der Waals surface area (Å²) in [5, 5.41) is 3.37. The van der Waals surface area contributed by atoms with Gasteiger partial charge in [0.1, 0.15) is 5.82 Å². The summed E-state index contributed by atoms with van der Waals surface area (Å²) in [6.07, 6.45) is 0.707. The van der Waals surface area contributed by atoms with E-state index in [1.807, 2.05) is 19.2 Å². The third-order valence-corrected chi connectivity index (χ3v) is 4.68. The summed E-state index contributed by atoms with van der Waals surface area (Å²) in [4.78, 5) is 4.71. The van der Waals surface area contributed by atoms with Gasteiger partial charge in [-0.1, -0.05) is 22.0 Å². The molecular weight excluding hydrogens is 321 g/mol. The molecule has 1 fully saturated rings. The molecule has 0 amide bonds. The standard InChI is InChI=1S/C15H23BrFN3/c1-18-14(15-10-19(2)6-7-20(15)3)8-11-4-5-12(16)9-13(11)17/h4-5,9,14-15,18H,6-8,10H2,1-3H3. The molecule has 2 rings (SSSR count). The number of nitrogens with one attached hydrogen (secondary N) is 1. The molecule has 20 heavy (non-hydrogen) atoms. The molecule has 0 saturated carbocycles. The Morgan fingerprint density at radius 3 is 2.80 bits per heavy atom. The molecule has 1 aromatic carbocycles. The zero-order chi connectivity index (χ0) is 14.7. The van der Waals surface area contributed by atoms with E-state index < -0.39 is 0 Å². The van der Waals surface area contributed by atoms with E-state index in [9.17, 15) is 4.39 Å². The number of hydrogen-bond acceptors (Lipinski definition) is 3. The highest BCUT2D eigenvalue weighted by atomic mass is 79.9. The SMILES string of the molecule is CNC(Cc1ccc(Br)cc1F)C1CN(C)CCN1C. The maximum atomic E-state index is 14.0. The molecule has 0 bridgehead atoms. The molecule has 0 aliphatic carbocycles. The van der Waals surface area contributed by atoms with Gasteiger partial charge in [0.25, 0.3) is 0 Å². The maximum Gasteiger partial charge on any atom is 0.127 e. The Morgan fingerprint density at radius 1 is 1.40 bits per heavy atom. The number of piperazine rings is 1. The van der Waals surface area contributed by atoms with Crippen molar-refractivity contribution in [1.82, 2.24) is 15.1 Å². The van der Waals surface area contributed by atoms with Crippen molar-refractivity contribution in [1.29, 1.82) is 0 Å². The van der Waals surface area contributed by atoms with E-state index >= 15 is 0 Å². The average Bonchev–Trinajstić information content (AvgIpc) is 2.41. The van der Waals surface area contributed by atoms with Crippen molar-refractivity contribution in [3.63, 3.8) is 0 Å². The quantitative estimate of drug-likeness (QED) is 0.901. The molecule has 5 heteroatoms. The monoisotopic (exact) mass is 343 g/mol. The Bertz CT molecular complexity index is 455. The Labute approximate surface area is 129 Å². The topological polar surface area (TPSA) is 18.5 Å². The largest absolute Gasteiger partial charge is 0.315 e. The van der Waals surface area contributed by atoms with Gasteiger partial charge < -0.3 is 10.2 Å². The van der Waals surface area contributed by atoms with Crippen LogP contribution in [0, 0.1) is 5.82 Å². The lowest BCUT2D eigenvalue weighted by atomic mass is 9.96. The van der Waals surface area contributed by atoms with Gasteiger partial charge in [0, 0.05) is 36.2 Å². The third-order valence-electron chi connectivity index (χ3n) is 4.19. The van der Waals surface area contributed by atoms with Crippen molar-refractivity contribution >= 4 is 15.9 Å². The summed E-state index contributed by atoms with van der Waals surface area (Å²) in [5.41, 5.74) is 0.772. The van der Waals surface area contributed by atoms with Crippen molar-refractivity contribution in [3.8, 4) is 0 Å². The highest BCUT2D eigenvalue weighted by Gasteiger charge is 2.29. The van der Waals surface area contributed by atoms with Gasteiger partial charge in [-0.25, -0.2) is 4.39 Å². The van der Waals surface area contributed by atoms with Crippen LogP contribution < -0.4 is 5.32 Å². The molecule has 3 nitrogen and oxygen atoms in total. The predicted molar refractivity (Wildman–Crippen MR) is 84.6 cm³/mol. The lowest BCUT2D eigenvalue weighted by Crippen LogP contribution is -2.58. The van der Waals surface area contributed by atoms with Gasteiger partial charge in [0.2, 0.25) is 0 Å². The van der Waals surface area contributed by atoms with Crippen LogP contribution in [-0.4, -0.2) is 62.7 Å². The van der Waals surface area contributed by atoms with Gasteiger partial charge in [-0.3, -0.25) is 4.90 Å². The molecule has 1 heterocycles. The first-order valence-corrected chi connectivity index (χ1v) is 7.80. The molecule has 1 aromatic rings. The van der Waals surface area contributed by atoms with E-state index in [1.54, 1.807) is 6.07 Å². The van der Waals surface area contributed by atoms with Crippen LogP contribution in [0.5, 0.6) is 0 Å². The fraction of sp³-hybridized carbons (Fsp3) is 0.600. The number of benzene rings is 1. The van der Waals surface area contributed by atoms with Gasteiger partial charge in [-0.15, -0.1) is 0 Å². The van der Waals surface area contributed by atoms with Crippen LogP contribution in [0.15, 0.2) is 22.7 Å². The van der Waals surface area contributed by atoms with Gasteiger partial charge >= 0.3 is 0 Å². The van der Waals surface area contributed by atoms with E-state index in [4.69, 9.17) is 0 Å². The summed E-state index contributed by atoms with van der Waals surface area (Å²) in [5.74, 6) is -0.133. The Balaban J connectivity index is 2.11. The van der Waals surface area contributed by atoms with E-state index in [0.29, 0.717) is 12.5 Å². The van der Waals surface area contributed by atoms with Gasteiger partial charge in [-0.2, -0.15) is 0 Å². The smallest absolute Gasteiger partial charge is 0.127 e. The number of hydrogen-bond donors (Lipinski definition) is 1. The van der Waals surface area contributed by atoms with E-state index in [2.05, 4.69) is 45.1 Å². The molecule has 112 valence electrons. The molecule has 2 unspecified atom stereocenters. The first kappa shape index (κ1) is 15.9. The number of likely N-dealkylation sites (N-methyl/N-ethyl adjacent to an activating group) is 3. The van der Waals surface area contributed by atoms with Crippen LogP contribution in [-0.2, 0) is 6.42 Å². The van der Waals surface area contributed by atoms with Crippen LogP contribution in [0.4, 0.5) is 4.39 Å². The normalized spacial score (nSPS) is 22.9. The minimum atomic E-state index is -0.133. The number of rotatable bonds is 4. The number of nitrogens with zero attached hydrogens (tertiary/aromatic N) is 2. The molecule has 1 saturated heterocycles. The molecular formula is C15H23BrFN3. The van der Waals surface area contributed by atoms with Crippen LogP contribution >= 0.6 is 15.9 Å². The Kier molecular flexibility index (Phi) is 5.55. The Hall–Kier alpha value is -0.490. The molecule has 0 radical (unpaired) electrons. The van der Waals surface area contributed by atoms with E-state index in [1.165, 1.54) is 0 Å². The molecule has 2 atom stereocenters. The van der Waals surface area contributed by atoms with Gasteiger partial charge in [0.15, 0.2) is 0 Å². The molecule has 0 aromatic heterocycles. The van der Waals surface area contributed by atoms with Crippen molar-refractivity contribution in [2.45, 2.75) is 18.5 Å². The summed E-state index contributed by atoms with van der Waals surface area (Å²) >= 11 is 3.30. The minimum absolute atomic E-state index is 0.133. The summed E-state index contributed by atoms with van der Waals surface area (Å²) < 4.78 is 14.8. The highest BCUT2D eigenvalue weighted by molar-refractivity contribution is 9.10. The van der Waals surface area contributed by atoms with E-state index in [-0.39, 0.29) is 11.9 Å². The highest BCUT2D eigenvalue weighted by Crippen LogP contribution is 2.19. The maximum absolute atomic E-state index is 14.0. The summed E-state index contributed by atoms with van der Waals surface area (Å²) in [6.45, 7) is 3.17. The van der Waals surface area contributed by atoms with Crippen LogP contribution in [0.2, 0.25) is 0 Å². The second-order valence-electron chi connectivity index (χ2n) is 5.65. The molecule has 0 spiro atoms. The van der Waals surface area contributed by atoms with Gasteiger partial charge in [-0.05, 0) is 45.3 Å². The minimum Gasteiger partial charge on any atom is -0.315 e. The average molecular weight is 344 g/mol. The molecule has 1 aliphatic rings. The Morgan fingerprint density at radius 2 is 2.15 bits per heavy atom. The summed E-state index contributed by atoms with van der Waals surface area (Å²) in [6, 6.07) is 5.97. The van der Waals surface area contributed by atoms with Crippen LogP contribution in [0.25, 0.3) is 0 Å². The predicted octanol–water partition coefficient (Wildman–Crippen LogP) is 1.96. The zero-order valence-corrected chi connectivity index (χ0v) is 14.0. The van der Waals surface area contributed by atoms with Crippen LogP contribution in [0.1, 0.15) is 5.56 Å². The zero-order valence-electron chi connectivity index (χ0n) is 12.4. The van der Waals surface area contributed by atoms with Crippen molar-refractivity contribution in [2.24, 2.45) is 0 Å². The summed E-state index contributed by atoms with van der Waals surface area (Å²) in [7, 11) is 6.26. The molecule has 1 aliphatic heterocycles. The van der Waals surface area contributed by atoms with Crippen molar-refractivity contribution in [3.05, 3.63) is 34.1 Å². The van der Waals surface area contributed by atoms with Crippen LogP contribution in [0.3, 0.4) is 0 Å². The first-order chi connectivity index (χ1) is 9.51. The van der Waals surface area contributed by atoms with Crippen molar-refractivity contribution < 1.29 is 4.39 Å². The lowest BCUT2D eigenvalue weighted by Gasteiger charge is -2.42. The second kappa shape index (κ2) is 6.98. The molecule has 1 N–H and O–H groups in total. The fourth-order valence-corrected chi connectivity index (χ4v) is 3.17. The number of halogens is 2. The van der Waals surface area contributed by atoms with Gasteiger partial charge in [0.05, 0.1) is 0 Å².